The Hall–Kier alpha value is -3.20. The van der Waals surface area contributed by atoms with Crippen LogP contribution in [0.3, 0.4) is 0 Å². The van der Waals surface area contributed by atoms with Gasteiger partial charge in [0.25, 0.3) is 5.91 Å². The monoisotopic (exact) mass is 430 g/mol. The van der Waals surface area contributed by atoms with Crippen LogP contribution in [0.5, 0.6) is 0 Å². The first-order chi connectivity index (χ1) is 14.8. The zero-order valence-corrected chi connectivity index (χ0v) is 18.2. The van der Waals surface area contributed by atoms with E-state index in [1.54, 1.807) is 24.3 Å². The number of benzene rings is 1. The fourth-order valence-electron chi connectivity index (χ4n) is 3.06. The minimum absolute atomic E-state index is 0.0735. The Morgan fingerprint density at radius 3 is 2.68 bits per heavy atom. The number of hydrogen-bond acceptors (Lipinski definition) is 6. The number of aromatic nitrogens is 1. The second-order valence-corrected chi connectivity index (χ2v) is 7.39. The molecule has 0 bridgehead atoms. The lowest BCUT2D eigenvalue weighted by molar-refractivity contribution is -0.154. The summed E-state index contributed by atoms with van der Waals surface area (Å²) in [6.07, 6.45) is 3.56. The number of rotatable bonds is 12. The molecule has 0 fully saturated rings. The molecule has 1 atom stereocenters. The van der Waals surface area contributed by atoms with Crippen molar-refractivity contribution in [2.45, 2.75) is 46.5 Å². The fraction of sp³-hybridized carbons (Fsp3) is 0.455. The van der Waals surface area contributed by atoms with Crippen LogP contribution >= 0.6 is 0 Å². The molecule has 9 nitrogen and oxygen atoms in total. The highest BCUT2D eigenvalue weighted by Crippen LogP contribution is 2.22. The SMILES string of the molecule is CCCCCC(CN(O)C=O)C(=O)NCNC(=O)c1cccc(-c2nc(C)c(C)o2)c1. The van der Waals surface area contributed by atoms with Crippen molar-refractivity contribution in [2.24, 2.45) is 5.92 Å². The van der Waals surface area contributed by atoms with E-state index in [4.69, 9.17) is 4.42 Å². The van der Waals surface area contributed by atoms with Crippen LogP contribution in [0.2, 0.25) is 0 Å². The summed E-state index contributed by atoms with van der Waals surface area (Å²) >= 11 is 0. The summed E-state index contributed by atoms with van der Waals surface area (Å²) in [5.41, 5.74) is 1.88. The molecule has 168 valence electrons. The smallest absolute Gasteiger partial charge is 0.252 e. The van der Waals surface area contributed by atoms with Gasteiger partial charge in [-0.3, -0.25) is 19.6 Å². The Labute approximate surface area is 181 Å². The number of aryl methyl sites for hydroxylation is 2. The Morgan fingerprint density at radius 2 is 2.03 bits per heavy atom. The van der Waals surface area contributed by atoms with E-state index < -0.39 is 5.92 Å². The Kier molecular flexibility index (Phi) is 9.20. The largest absolute Gasteiger partial charge is 0.441 e. The fourth-order valence-corrected chi connectivity index (χ4v) is 3.06. The molecule has 0 aliphatic heterocycles. The molecule has 2 aromatic rings. The number of carbonyl (C=O) groups is 3. The van der Waals surface area contributed by atoms with Gasteiger partial charge in [-0.25, -0.2) is 10.0 Å². The number of oxazole rings is 1. The molecule has 3 N–H and O–H groups in total. The van der Waals surface area contributed by atoms with Crippen molar-refractivity contribution in [3.05, 3.63) is 41.3 Å². The third-order valence-electron chi connectivity index (χ3n) is 4.97. The Morgan fingerprint density at radius 1 is 1.26 bits per heavy atom. The van der Waals surface area contributed by atoms with Crippen molar-refractivity contribution in [3.8, 4) is 11.5 Å². The van der Waals surface area contributed by atoms with Crippen molar-refractivity contribution in [1.82, 2.24) is 20.7 Å². The van der Waals surface area contributed by atoms with Gasteiger partial charge < -0.3 is 15.1 Å². The molecule has 9 heteroatoms. The summed E-state index contributed by atoms with van der Waals surface area (Å²) in [4.78, 5) is 39.9. The molecule has 1 heterocycles. The van der Waals surface area contributed by atoms with E-state index in [0.29, 0.717) is 28.5 Å². The van der Waals surface area contributed by atoms with Gasteiger partial charge >= 0.3 is 0 Å². The van der Waals surface area contributed by atoms with Gasteiger partial charge in [0.15, 0.2) is 0 Å². The van der Waals surface area contributed by atoms with Gasteiger partial charge in [0.2, 0.25) is 18.2 Å². The second kappa shape index (κ2) is 11.8. The topological polar surface area (TPSA) is 125 Å². The summed E-state index contributed by atoms with van der Waals surface area (Å²) in [7, 11) is 0. The van der Waals surface area contributed by atoms with Gasteiger partial charge in [-0.15, -0.1) is 0 Å². The van der Waals surface area contributed by atoms with Gasteiger partial charge in [0.05, 0.1) is 24.8 Å². The number of nitrogens with zero attached hydrogens (tertiary/aromatic N) is 2. The molecule has 0 saturated carbocycles. The first-order valence-corrected chi connectivity index (χ1v) is 10.4. The van der Waals surface area contributed by atoms with Crippen LogP contribution in [-0.2, 0) is 9.59 Å². The van der Waals surface area contributed by atoms with Gasteiger partial charge in [0.1, 0.15) is 5.76 Å². The number of unbranched alkanes of at least 4 members (excludes halogenated alkanes) is 2. The lowest BCUT2D eigenvalue weighted by Crippen LogP contribution is -2.43. The highest BCUT2D eigenvalue weighted by Gasteiger charge is 2.20. The van der Waals surface area contributed by atoms with Gasteiger partial charge in [-0.05, 0) is 38.5 Å². The molecule has 31 heavy (non-hydrogen) atoms. The van der Waals surface area contributed by atoms with Crippen LogP contribution in [0, 0.1) is 19.8 Å². The molecular formula is C22H30N4O5. The zero-order chi connectivity index (χ0) is 22.8. The minimum atomic E-state index is -0.557. The molecule has 1 unspecified atom stereocenters. The predicted octanol–water partition coefficient (Wildman–Crippen LogP) is 2.81. The zero-order valence-electron chi connectivity index (χ0n) is 18.2. The third kappa shape index (κ3) is 7.21. The molecule has 3 amide bonds. The van der Waals surface area contributed by atoms with E-state index in [2.05, 4.69) is 15.6 Å². The quantitative estimate of drug-likeness (QED) is 0.156. The lowest BCUT2D eigenvalue weighted by atomic mass is 10.0. The van der Waals surface area contributed by atoms with Crippen LogP contribution in [0.1, 0.15) is 54.4 Å². The molecule has 0 spiro atoms. The van der Waals surface area contributed by atoms with Crippen molar-refractivity contribution < 1.29 is 24.0 Å². The normalized spacial score (nSPS) is 11.6. The van der Waals surface area contributed by atoms with E-state index >= 15 is 0 Å². The Bertz CT molecular complexity index is 876. The van der Waals surface area contributed by atoms with Crippen molar-refractivity contribution in [1.29, 1.82) is 0 Å². The third-order valence-corrected chi connectivity index (χ3v) is 4.97. The summed E-state index contributed by atoms with van der Waals surface area (Å²) < 4.78 is 5.61. The molecule has 0 saturated heterocycles. The first-order valence-electron chi connectivity index (χ1n) is 10.4. The van der Waals surface area contributed by atoms with Crippen LogP contribution < -0.4 is 10.6 Å². The molecule has 0 aliphatic rings. The molecule has 2 rings (SSSR count). The number of amides is 3. The number of hydroxylamine groups is 2. The van der Waals surface area contributed by atoms with Crippen LogP contribution in [-0.4, -0.2) is 46.7 Å². The molecule has 0 aliphatic carbocycles. The van der Waals surface area contributed by atoms with E-state index in [0.717, 1.165) is 30.7 Å². The van der Waals surface area contributed by atoms with Crippen LogP contribution in [0.25, 0.3) is 11.5 Å². The van der Waals surface area contributed by atoms with Gasteiger partial charge in [0, 0.05) is 11.1 Å². The molecule has 1 aromatic heterocycles. The van der Waals surface area contributed by atoms with Crippen molar-refractivity contribution in [3.63, 3.8) is 0 Å². The lowest BCUT2D eigenvalue weighted by Gasteiger charge is -2.19. The maximum absolute atomic E-state index is 12.5. The van der Waals surface area contributed by atoms with Gasteiger partial charge in [-0.2, -0.15) is 0 Å². The maximum atomic E-state index is 12.5. The average molecular weight is 431 g/mol. The first kappa shape index (κ1) is 24.1. The molecule has 0 radical (unpaired) electrons. The predicted molar refractivity (Wildman–Crippen MR) is 114 cm³/mol. The summed E-state index contributed by atoms with van der Waals surface area (Å²) in [6, 6.07) is 6.86. The molecule has 1 aromatic carbocycles. The number of hydrogen-bond donors (Lipinski definition) is 3. The maximum Gasteiger partial charge on any atom is 0.252 e. The minimum Gasteiger partial charge on any atom is -0.441 e. The highest BCUT2D eigenvalue weighted by molar-refractivity contribution is 5.95. The van der Waals surface area contributed by atoms with Crippen LogP contribution in [0.4, 0.5) is 0 Å². The number of carbonyl (C=O) groups excluding carboxylic acids is 3. The highest BCUT2D eigenvalue weighted by atomic mass is 16.5. The van der Waals surface area contributed by atoms with E-state index in [1.807, 2.05) is 20.8 Å². The average Bonchev–Trinajstić information content (AvgIpc) is 3.11. The summed E-state index contributed by atoms with van der Waals surface area (Å²) in [5.74, 6) is -0.0923. The van der Waals surface area contributed by atoms with E-state index in [1.165, 1.54) is 0 Å². The van der Waals surface area contributed by atoms with E-state index in [-0.39, 0.29) is 31.4 Å². The van der Waals surface area contributed by atoms with Gasteiger partial charge in [-0.1, -0.05) is 32.3 Å². The Balaban J connectivity index is 1.93. The van der Waals surface area contributed by atoms with Crippen molar-refractivity contribution >= 4 is 18.2 Å². The summed E-state index contributed by atoms with van der Waals surface area (Å²) in [5, 5.41) is 15.2. The molecular weight excluding hydrogens is 400 g/mol. The number of nitrogens with one attached hydrogen (secondary N) is 2. The van der Waals surface area contributed by atoms with Crippen LogP contribution in [0.15, 0.2) is 28.7 Å². The van der Waals surface area contributed by atoms with Crippen molar-refractivity contribution in [2.75, 3.05) is 13.2 Å². The van der Waals surface area contributed by atoms with E-state index in [9.17, 15) is 19.6 Å². The standard InChI is InChI=1S/C22H30N4O5/c1-4-5-6-8-19(12-26(30)14-27)21(29)24-13-23-20(28)17-9-7-10-18(11-17)22-25-15(2)16(3)31-22/h7,9-11,14,19,30H,4-6,8,12-13H2,1-3H3,(H,23,28)(H,24,29). The summed E-state index contributed by atoms with van der Waals surface area (Å²) in [6.45, 7) is 5.56. The second-order valence-electron chi connectivity index (χ2n) is 7.39.